The van der Waals surface area contributed by atoms with Crippen LogP contribution < -0.4 is 27.4 Å². The van der Waals surface area contributed by atoms with Crippen molar-refractivity contribution in [1.29, 1.82) is 0 Å². The molecule has 13 heteroatoms. The Bertz CT molecular complexity index is 1530. The number of carbonyl (C=O) groups is 4. The first-order chi connectivity index (χ1) is 24.3. The summed E-state index contributed by atoms with van der Waals surface area (Å²) < 4.78 is 17.4. The van der Waals surface area contributed by atoms with Crippen molar-refractivity contribution < 1.29 is 33.4 Å². The van der Waals surface area contributed by atoms with Gasteiger partial charge in [-0.1, -0.05) is 62.4 Å². The first kappa shape index (κ1) is 41.8. The number of fused-ring (bicyclic) bond motifs is 3. The molecule has 0 saturated carbocycles. The van der Waals surface area contributed by atoms with E-state index < -0.39 is 59.3 Å². The molecule has 0 aliphatic heterocycles. The zero-order chi connectivity index (χ0) is 38.8. The highest BCUT2D eigenvalue weighted by Crippen LogP contribution is 2.44. The van der Waals surface area contributed by atoms with Gasteiger partial charge in [-0.15, -0.1) is 0 Å². The number of esters is 1. The number of aliphatic imine (C=N–C) groups is 1. The third kappa shape index (κ3) is 12.8. The molecule has 2 aromatic rings. The number of nitrogens with one attached hydrogen (secondary N) is 3. The predicted octanol–water partition coefficient (Wildman–Crippen LogP) is 4.51. The molecule has 0 heterocycles. The van der Waals surface area contributed by atoms with Crippen molar-refractivity contribution >= 4 is 29.8 Å². The Kier molecular flexibility index (Phi) is 14.6. The van der Waals surface area contributed by atoms with E-state index in [4.69, 9.17) is 25.7 Å². The molecule has 13 nitrogen and oxygen atoms in total. The van der Waals surface area contributed by atoms with E-state index in [0.717, 1.165) is 22.3 Å². The van der Waals surface area contributed by atoms with Crippen LogP contribution in [0.15, 0.2) is 53.5 Å². The number of nitrogens with two attached hydrogens (primary N) is 2. The lowest BCUT2D eigenvalue weighted by Crippen LogP contribution is -2.59. The van der Waals surface area contributed by atoms with Gasteiger partial charge in [0, 0.05) is 12.5 Å². The van der Waals surface area contributed by atoms with Crippen molar-refractivity contribution in [3.05, 3.63) is 59.7 Å². The first-order valence-corrected chi connectivity index (χ1v) is 17.9. The van der Waals surface area contributed by atoms with Crippen LogP contribution in [0, 0.1) is 5.92 Å². The van der Waals surface area contributed by atoms with Crippen LogP contribution in [0.2, 0.25) is 0 Å². The average molecular weight is 723 g/mol. The van der Waals surface area contributed by atoms with Gasteiger partial charge in [-0.3, -0.25) is 14.6 Å². The molecule has 4 atom stereocenters. The zero-order valence-corrected chi connectivity index (χ0v) is 32.1. The topological polar surface area (TPSA) is 196 Å². The summed E-state index contributed by atoms with van der Waals surface area (Å²) >= 11 is 0. The maximum atomic E-state index is 13.9. The van der Waals surface area contributed by atoms with Gasteiger partial charge in [0.15, 0.2) is 12.0 Å². The second-order valence-corrected chi connectivity index (χ2v) is 15.6. The van der Waals surface area contributed by atoms with E-state index in [0.29, 0.717) is 6.42 Å². The van der Waals surface area contributed by atoms with Crippen LogP contribution in [0.25, 0.3) is 11.1 Å². The van der Waals surface area contributed by atoms with Crippen molar-refractivity contribution in [2.45, 2.75) is 123 Å². The van der Waals surface area contributed by atoms with E-state index in [-0.39, 0.29) is 43.8 Å². The number of benzene rings is 2. The molecule has 1 aliphatic rings. The highest BCUT2D eigenvalue weighted by molar-refractivity contribution is 5.93. The average Bonchev–Trinajstić information content (AvgIpc) is 3.35. The fraction of sp³-hybridized carbons (Fsp3) is 0.564. The molecular weight excluding hydrogens is 664 g/mol. The number of alkyl carbamates (subject to hydrolysis) is 1. The van der Waals surface area contributed by atoms with E-state index in [2.05, 4.69) is 33.1 Å². The summed E-state index contributed by atoms with van der Waals surface area (Å²) in [6.45, 7) is 16.5. The highest BCUT2D eigenvalue weighted by atomic mass is 16.6. The van der Waals surface area contributed by atoms with E-state index in [1.54, 1.807) is 27.7 Å². The summed E-state index contributed by atoms with van der Waals surface area (Å²) in [4.78, 5) is 58.3. The quantitative estimate of drug-likeness (QED) is 0.0717. The van der Waals surface area contributed by atoms with Gasteiger partial charge in [-0.2, -0.15) is 0 Å². The maximum absolute atomic E-state index is 13.9. The summed E-state index contributed by atoms with van der Waals surface area (Å²) in [6, 6.07) is 12.7. The maximum Gasteiger partial charge on any atom is 0.407 e. The fourth-order valence-electron chi connectivity index (χ4n) is 6.14. The van der Waals surface area contributed by atoms with Gasteiger partial charge in [0.1, 0.15) is 24.3 Å². The smallest absolute Gasteiger partial charge is 0.407 e. The molecule has 0 bridgehead atoms. The minimum Gasteiger partial charge on any atom is -0.458 e. The minimum atomic E-state index is -1.19. The Labute approximate surface area is 308 Å². The normalized spacial score (nSPS) is 15.0. The van der Waals surface area contributed by atoms with Crippen LogP contribution in [-0.2, 0) is 28.6 Å². The van der Waals surface area contributed by atoms with Crippen molar-refractivity contribution in [1.82, 2.24) is 16.0 Å². The number of rotatable bonds is 16. The van der Waals surface area contributed by atoms with Crippen LogP contribution in [0.1, 0.15) is 98.6 Å². The molecule has 1 aliphatic carbocycles. The fourth-order valence-corrected chi connectivity index (χ4v) is 6.14. The third-order valence-corrected chi connectivity index (χ3v) is 8.20. The molecule has 0 fully saturated rings. The van der Waals surface area contributed by atoms with Gasteiger partial charge in [-0.25, -0.2) is 9.59 Å². The largest absolute Gasteiger partial charge is 0.458 e. The van der Waals surface area contributed by atoms with Crippen LogP contribution in [-0.4, -0.2) is 78.4 Å². The van der Waals surface area contributed by atoms with Crippen molar-refractivity contribution in [3.63, 3.8) is 0 Å². The number of guanidine groups is 1. The van der Waals surface area contributed by atoms with Crippen molar-refractivity contribution in [2.75, 3.05) is 13.2 Å². The Hall–Kier alpha value is -4.65. The number of hydrogen-bond acceptors (Lipinski definition) is 8. The van der Waals surface area contributed by atoms with Gasteiger partial charge >= 0.3 is 12.1 Å². The van der Waals surface area contributed by atoms with Gasteiger partial charge < -0.3 is 41.6 Å². The highest BCUT2D eigenvalue weighted by Gasteiger charge is 2.37. The molecule has 2 aromatic carbocycles. The molecule has 52 heavy (non-hydrogen) atoms. The van der Waals surface area contributed by atoms with Crippen LogP contribution in [0.5, 0.6) is 0 Å². The molecule has 0 aromatic heterocycles. The number of nitrogens with zero attached hydrogens (tertiary/aromatic N) is 1. The molecule has 0 unspecified atom stereocenters. The summed E-state index contributed by atoms with van der Waals surface area (Å²) in [5.74, 6) is -2.16. The van der Waals surface area contributed by atoms with E-state index in [1.807, 2.05) is 71.0 Å². The van der Waals surface area contributed by atoms with Crippen LogP contribution >= 0.6 is 0 Å². The summed E-state index contributed by atoms with van der Waals surface area (Å²) in [7, 11) is 0. The van der Waals surface area contributed by atoms with Gasteiger partial charge in [0.05, 0.1) is 11.7 Å². The second-order valence-electron chi connectivity index (χ2n) is 15.6. The predicted molar refractivity (Wildman–Crippen MR) is 201 cm³/mol. The van der Waals surface area contributed by atoms with Gasteiger partial charge in [0.25, 0.3) is 0 Å². The second kappa shape index (κ2) is 18.2. The zero-order valence-electron chi connectivity index (χ0n) is 32.1. The van der Waals surface area contributed by atoms with Crippen LogP contribution in [0.4, 0.5) is 4.79 Å². The molecule has 286 valence electrons. The molecule has 0 spiro atoms. The van der Waals surface area contributed by atoms with Crippen molar-refractivity contribution in [3.8, 4) is 11.1 Å². The summed E-state index contributed by atoms with van der Waals surface area (Å²) in [5.41, 5.74) is 13.8. The molecule has 7 N–H and O–H groups in total. The minimum absolute atomic E-state index is 0.00530. The Balaban J connectivity index is 1.78. The SMILES string of the molecule is CC(C)C[C@H](NC(=O)OCC1c2ccccc2-c2ccccc21)C(=O)N[C@@H](CCCN=C(N)N)C(=O)N[C@H](C(=O)OC(C)(C)C)[C@@H](C)OC(C)(C)C. The number of hydrogen-bond donors (Lipinski definition) is 5. The number of carbonyl (C=O) groups excluding carboxylic acids is 4. The standard InChI is InChI=1S/C39H58N6O7/c1-23(2)21-31(44-37(49)50-22-29-27-17-12-10-15-25(27)26-16-11-13-18-28(26)29)34(47)43-30(19-14-20-42-36(40)41)33(46)45-32(24(3)51-38(4,5)6)35(48)52-39(7,8)9/h10-13,15-18,23-24,29-32H,14,19-22H2,1-9H3,(H,43,47)(H,44,49)(H,45,46)(H4,40,41,42)/t24-,30+,31+,32+/m1/s1. The number of amides is 3. The summed E-state index contributed by atoms with van der Waals surface area (Å²) in [5, 5.41) is 8.27. The lowest BCUT2D eigenvalue weighted by Gasteiger charge is -2.33. The van der Waals surface area contributed by atoms with E-state index >= 15 is 0 Å². The monoisotopic (exact) mass is 722 g/mol. The van der Waals surface area contributed by atoms with E-state index in [9.17, 15) is 19.2 Å². The first-order valence-electron chi connectivity index (χ1n) is 17.9. The lowest BCUT2D eigenvalue weighted by atomic mass is 9.98. The van der Waals surface area contributed by atoms with E-state index in [1.165, 1.54) is 0 Å². The van der Waals surface area contributed by atoms with Gasteiger partial charge in [-0.05, 0) is 95.9 Å². The molecule has 3 rings (SSSR count). The van der Waals surface area contributed by atoms with Crippen molar-refractivity contribution in [2.24, 2.45) is 22.4 Å². The Morgan fingerprint density at radius 2 is 1.35 bits per heavy atom. The summed E-state index contributed by atoms with van der Waals surface area (Å²) in [6.07, 6.45) is -0.801. The number of ether oxygens (including phenoxy) is 3. The Morgan fingerprint density at radius 3 is 1.87 bits per heavy atom. The van der Waals surface area contributed by atoms with Crippen LogP contribution in [0.3, 0.4) is 0 Å². The third-order valence-electron chi connectivity index (χ3n) is 8.20. The molecular formula is C39H58N6O7. The molecule has 0 saturated heterocycles. The van der Waals surface area contributed by atoms with Gasteiger partial charge in [0.2, 0.25) is 11.8 Å². The Morgan fingerprint density at radius 1 is 0.788 bits per heavy atom. The lowest BCUT2D eigenvalue weighted by molar-refractivity contribution is -0.166. The molecule has 3 amide bonds. The molecule has 0 radical (unpaired) electrons.